The molecule has 0 atom stereocenters. The lowest BCUT2D eigenvalue weighted by Crippen LogP contribution is -2.49. The van der Waals surface area contributed by atoms with Crippen LogP contribution in [0.1, 0.15) is 32.5 Å². The van der Waals surface area contributed by atoms with E-state index >= 15 is 0 Å². The molecule has 102 valence electrons. The Morgan fingerprint density at radius 2 is 1.94 bits per heavy atom. The van der Waals surface area contributed by atoms with Crippen LogP contribution < -0.4 is 0 Å². The molecule has 0 spiro atoms. The van der Waals surface area contributed by atoms with Crippen LogP contribution in [0.25, 0.3) is 0 Å². The summed E-state index contributed by atoms with van der Waals surface area (Å²) in [6.45, 7) is 8.88. The SMILES string of the molecule is CN(Cc1nnn(C)n1)C(C)(C)CN1CCCC1. The smallest absolute Gasteiger partial charge is 0.188 e. The van der Waals surface area contributed by atoms with Gasteiger partial charge in [-0.25, -0.2) is 0 Å². The van der Waals surface area contributed by atoms with Gasteiger partial charge in [0.2, 0.25) is 0 Å². The van der Waals surface area contributed by atoms with Gasteiger partial charge in [0.25, 0.3) is 0 Å². The number of aryl methyl sites for hydroxylation is 1. The number of tetrazole rings is 1. The zero-order valence-electron chi connectivity index (χ0n) is 11.9. The van der Waals surface area contributed by atoms with Gasteiger partial charge in [0.15, 0.2) is 5.82 Å². The van der Waals surface area contributed by atoms with Crippen molar-refractivity contribution in [1.82, 2.24) is 30.0 Å². The lowest BCUT2D eigenvalue weighted by molar-refractivity contribution is 0.0992. The van der Waals surface area contributed by atoms with Gasteiger partial charge >= 0.3 is 0 Å². The average molecular weight is 252 g/mol. The van der Waals surface area contributed by atoms with E-state index in [1.165, 1.54) is 30.7 Å². The van der Waals surface area contributed by atoms with Gasteiger partial charge < -0.3 is 4.90 Å². The standard InChI is InChI=1S/C12H24N6/c1-12(2,10-18-7-5-6-8-18)16(3)9-11-13-15-17(4)14-11/h5-10H2,1-4H3. The number of nitrogens with zero attached hydrogens (tertiary/aromatic N) is 6. The van der Waals surface area contributed by atoms with E-state index in [0.717, 1.165) is 18.9 Å². The number of rotatable bonds is 5. The van der Waals surface area contributed by atoms with E-state index in [4.69, 9.17) is 0 Å². The van der Waals surface area contributed by atoms with Crippen LogP contribution in [0, 0.1) is 0 Å². The maximum atomic E-state index is 4.24. The van der Waals surface area contributed by atoms with Gasteiger partial charge in [0.1, 0.15) is 0 Å². The molecule has 1 aliphatic rings. The van der Waals surface area contributed by atoms with Crippen molar-refractivity contribution in [3.05, 3.63) is 5.82 Å². The van der Waals surface area contributed by atoms with E-state index in [1.807, 2.05) is 0 Å². The van der Waals surface area contributed by atoms with Crippen molar-refractivity contribution in [3.8, 4) is 0 Å². The molecular formula is C12H24N6. The molecule has 2 heterocycles. The van der Waals surface area contributed by atoms with Crippen molar-refractivity contribution in [3.63, 3.8) is 0 Å². The van der Waals surface area contributed by atoms with E-state index in [1.54, 1.807) is 7.05 Å². The van der Waals surface area contributed by atoms with Gasteiger partial charge in [-0.1, -0.05) is 0 Å². The summed E-state index contributed by atoms with van der Waals surface area (Å²) in [7, 11) is 3.93. The van der Waals surface area contributed by atoms with E-state index < -0.39 is 0 Å². The third-order valence-corrected chi connectivity index (χ3v) is 3.77. The monoisotopic (exact) mass is 252 g/mol. The van der Waals surface area contributed by atoms with Crippen LogP contribution in [-0.4, -0.2) is 62.2 Å². The molecule has 0 N–H and O–H groups in total. The Balaban J connectivity index is 1.91. The Kier molecular flexibility index (Phi) is 3.97. The average Bonchev–Trinajstić information content (AvgIpc) is 2.90. The molecule has 6 heteroatoms. The van der Waals surface area contributed by atoms with Crippen molar-refractivity contribution in [1.29, 1.82) is 0 Å². The summed E-state index contributed by atoms with van der Waals surface area (Å²) in [6, 6.07) is 0. The molecular weight excluding hydrogens is 228 g/mol. The van der Waals surface area contributed by atoms with Crippen LogP contribution >= 0.6 is 0 Å². The predicted octanol–water partition coefficient (Wildman–Crippen LogP) is 0.516. The number of likely N-dealkylation sites (tertiary alicyclic amines) is 1. The molecule has 0 saturated carbocycles. The Bertz CT molecular complexity index is 380. The highest BCUT2D eigenvalue weighted by Gasteiger charge is 2.28. The largest absolute Gasteiger partial charge is 0.302 e. The fourth-order valence-electron chi connectivity index (χ4n) is 2.42. The number of hydrogen-bond acceptors (Lipinski definition) is 5. The molecule has 0 radical (unpaired) electrons. The fourth-order valence-corrected chi connectivity index (χ4v) is 2.42. The predicted molar refractivity (Wildman–Crippen MR) is 70.0 cm³/mol. The van der Waals surface area contributed by atoms with Crippen molar-refractivity contribution in [2.75, 3.05) is 26.7 Å². The Morgan fingerprint density at radius 1 is 1.28 bits per heavy atom. The fraction of sp³-hybridized carbons (Fsp3) is 0.917. The zero-order valence-corrected chi connectivity index (χ0v) is 11.9. The molecule has 0 bridgehead atoms. The number of hydrogen-bond donors (Lipinski definition) is 0. The Hall–Kier alpha value is -1.01. The molecule has 0 aromatic carbocycles. The first-order chi connectivity index (χ1) is 8.47. The van der Waals surface area contributed by atoms with Crippen molar-refractivity contribution in [2.45, 2.75) is 38.8 Å². The molecule has 1 aromatic rings. The van der Waals surface area contributed by atoms with E-state index in [9.17, 15) is 0 Å². The molecule has 1 aromatic heterocycles. The van der Waals surface area contributed by atoms with Crippen LogP contribution in [0.15, 0.2) is 0 Å². The van der Waals surface area contributed by atoms with Crippen LogP contribution in [0.5, 0.6) is 0 Å². The lowest BCUT2D eigenvalue weighted by atomic mass is 10.0. The summed E-state index contributed by atoms with van der Waals surface area (Å²) in [6.07, 6.45) is 2.68. The summed E-state index contributed by atoms with van der Waals surface area (Å²) in [4.78, 5) is 6.36. The number of aromatic nitrogens is 4. The molecule has 0 amide bonds. The van der Waals surface area contributed by atoms with Crippen molar-refractivity contribution in [2.24, 2.45) is 7.05 Å². The maximum absolute atomic E-state index is 4.24. The van der Waals surface area contributed by atoms with Crippen molar-refractivity contribution < 1.29 is 0 Å². The molecule has 0 aliphatic carbocycles. The van der Waals surface area contributed by atoms with E-state index in [0.29, 0.717) is 0 Å². The molecule has 1 fully saturated rings. The van der Waals surface area contributed by atoms with Gasteiger partial charge in [0.05, 0.1) is 13.6 Å². The minimum absolute atomic E-state index is 0.129. The molecule has 6 nitrogen and oxygen atoms in total. The third kappa shape index (κ3) is 3.26. The van der Waals surface area contributed by atoms with Crippen LogP contribution in [0.2, 0.25) is 0 Å². The number of likely N-dealkylation sites (N-methyl/N-ethyl adjacent to an activating group) is 1. The maximum Gasteiger partial charge on any atom is 0.188 e. The third-order valence-electron chi connectivity index (χ3n) is 3.77. The summed E-state index contributed by atoms with van der Waals surface area (Å²) in [5.74, 6) is 0.787. The normalized spacial score (nSPS) is 17.8. The van der Waals surface area contributed by atoms with Crippen LogP contribution in [0.4, 0.5) is 0 Å². The second kappa shape index (κ2) is 5.32. The summed E-state index contributed by atoms with van der Waals surface area (Å²) in [5.41, 5.74) is 0.129. The Morgan fingerprint density at radius 3 is 2.50 bits per heavy atom. The quantitative estimate of drug-likeness (QED) is 0.764. The van der Waals surface area contributed by atoms with Gasteiger partial charge in [0, 0.05) is 12.1 Å². The second-order valence-electron chi connectivity index (χ2n) is 5.85. The zero-order chi connectivity index (χ0) is 13.2. The highest BCUT2D eigenvalue weighted by atomic mass is 15.6. The van der Waals surface area contributed by atoms with Crippen LogP contribution in [-0.2, 0) is 13.6 Å². The van der Waals surface area contributed by atoms with Gasteiger partial charge in [-0.3, -0.25) is 4.90 Å². The Labute approximate surface area is 109 Å². The van der Waals surface area contributed by atoms with Gasteiger partial charge in [-0.2, -0.15) is 4.80 Å². The highest BCUT2D eigenvalue weighted by Crippen LogP contribution is 2.19. The first-order valence-electron chi connectivity index (χ1n) is 6.64. The minimum atomic E-state index is 0.129. The van der Waals surface area contributed by atoms with E-state index in [-0.39, 0.29) is 5.54 Å². The molecule has 0 unspecified atom stereocenters. The topological polar surface area (TPSA) is 50.1 Å². The summed E-state index contributed by atoms with van der Waals surface area (Å²) in [5, 5.41) is 12.2. The molecule has 18 heavy (non-hydrogen) atoms. The first-order valence-corrected chi connectivity index (χ1v) is 6.64. The molecule has 1 saturated heterocycles. The summed E-state index contributed by atoms with van der Waals surface area (Å²) >= 11 is 0. The van der Waals surface area contributed by atoms with Crippen molar-refractivity contribution >= 4 is 0 Å². The minimum Gasteiger partial charge on any atom is -0.302 e. The summed E-state index contributed by atoms with van der Waals surface area (Å²) < 4.78 is 0. The van der Waals surface area contributed by atoms with Gasteiger partial charge in [-0.05, 0) is 52.0 Å². The first kappa shape index (κ1) is 13.4. The second-order valence-corrected chi connectivity index (χ2v) is 5.85. The molecule has 2 rings (SSSR count). The van der Waals surface area contributed by atoms with Crippen LogP contribution in [0.3, 0.4) is 0 Å². The highest BCUT2D eigenvalue weighted by molar-refractivity contribution is 4.88. The molecule has 1 aliphatic heterocycles. The lowest BCUT2D eigenvalue weighted by Gasteiger charge is -2.38. The van der Waals surface area contributed by atoms with E-state index in [2.05, 4.69) is 46.1 Å². The van der Waals surface area contributed by atoms with Gasteiger partial charge in [-0.15, -0.1) is 10.2 Å².